The number of fused-ring (bicyclic) bond motifs is 1. The first-order valence-electron chi connectivity index (χ1n) is 3.18. The molecule has 0 spiro atoms. The second-order valence-electron chi connectivity index (χ2n) is 2.17. The molecule has 0 radical (unpaired) electrons. The first-order chi connectivity index (χ1) is 5.83. The Morgan fingerprint density at radius 2 is 2.33 bits per heavy atom. The number of nitrogens with one attached hydrogen (secondary N) is 2. The van der Waals surface area contributed by atoms with Gasteiger partial charge in [0, 0.05) is 6.20 Å². The predicted molar refractivity (Wildman–Crippen MR) is 43.7 cm³/mol. The van der Waals surface area contributed by atoms with Crippen LogP contribution in [0.3, 0.4) is 0 Å². The van der Waals surface area contributed by atoms with E-state index in [9.17, 15) is 0 Å². The van der Waals surface area contributed by atoms with E-state index in [0.717, 1.165) is 0 Å². The van der Waals surface area contributed by atoms with Crippen LogP contribution in [0, 0.1) is 5.53 Å². The molecule has 0 saturated heterocycles. The molecule has 0 fully saturated rings. The molecule has 0 aliphatic rings. The van der Waals surface area contributed by atoms with Crippen LogP contribution in [0.2, 0.25) is 5.15 Å². The topological polar surface area (TPSA) is 77.8 Å². The molecule has 2 rings (SSSR count). The van der Waals surface area contributed by atoms with E-state index in [2.05, 4.69) is 20.1 Å². The lowest BCUT2D eigenvalue weighted by molar-refractivity contribution is 1.15. The van der Waals surface area contributed by atoms with Crippen molar-refractivity contribution >= 4 is 28.3 Å². The lowest BCUT2D eigenvalue weighted by atomic mass is 10.4. The third-order valence-corrected chi connectivity index (χ3v) is 1.80. The summed E-state index contributed by atoms with van der Waals surface area (Å²) in [7, 11) is 0. The van der Waals surface area contributed by atoms with Crippen LogP contribution >= 0.6 is 11.6 Å². The molecular formula is C6H4ClN5. The number of nitrogens with zero attached hydrogens (tertiary/aromatic N) is 3. The van der Waals surface area contributed by atoms with Gasteiger partial charge in [-0.1, -0.05) is 11.6 Å². The van der Waals surface area contributed by atoms with Gasteiger partial charge >= 0.3 is 0 Å². The first-order valence-corrected chi connectivity index (χ1v) is 3.56. The Hall–Kier alpha value is -1.49. The minimum atomic E-state index is 0.343. The summed E-state index contributed by atoms with van der Waals surface area (Å²) in [5.74, 6) is 0. The number of hydrogen-bond acceptors (Lipinski definition) is 4. The molecule has 0 bridgehead atoms. The maximum absolute atomic E-state index is 6.81. The van der Waals surface area contributed by atoms with E-state index in [1.807, 2.05) is 0 Å². The fourth-order valence-electron chi connectivity index (χ4n) is 0.980. The van der Waals surface area contributed by atoms with Gasteiger partial charge in [0.15, 0.2) is 5.15 Å². The van der Waals surface area contributed by atoms with Crippen molar-refractivity contribution in [1.29, 1.82) is 5.53 Å². The van der Waals surface area contributed by atoms with Crippen LogP contribution in [-0.4, -0.2) is 15.0 Å². The molecule has 12 heavy (non-hydrogen) atoms. The molecule has 0 aromatic carbocycles. The molecule has 0 aliphatic carbocycles. The predicted octanol–water partition coefficient (Wildman–Crippen LogP) is 2.27. The van der Waals surface area contributed by atoms with Crippen molar-refractivity contribution in [3.8, 4) is 0 Å². The average Bonchev–Trinajstić information content (AvgIpc) is 2.49. The van der Waals surface area contributed by atoms with Gasteiger partial charge < -0.3 is 4.98 Å². The van der Waals surface area contributed by atoms with Crippen molar-refractivity contribution in [2.24, 2.45) is 5.11 Å². The molecule has 0 aliphatic heterocycles. The molecule has 0 saturated carbocycles. The molecule has 0 atom stereocenters. The van der Waals surface area contributed by atoms with E-state index in [-0.39, 0.29) is 0 Å². The second kappa shape index (κ2) is 2.53. The van der Waals surface area contributed by atoms with Gasteiger partial charge in [-0.3, -0.25) is 0 Å². The van der Waals surface area contributed by atoms with Crippen LogP contribution in [-0.2, 0) is 0 Å². The third kappa shape index (κ3) is 0.868. The lowest BCUT2D eigenvalue weighted by Gasteiger charge is -1.90. The summed E-state index contributed by atoms with van der Waals surface area (Å²) in [6, 6.07) is 0. The Kier molecular flexibility index (Phi) is 1.51. The van der Waals surface area contributed by atoms with E-state index in [4.69, 9.17) is 17.1 Å². The van der Waals surface area contributed by atoms with Crippen molar-refractivity contribution in [3.05, 3.63) is 17.7 Å². The van der Waals surface area contributed by atoms with Gasteiger partial charge in [0.05, 0.1) is 0 Å². The van der Waals surface area contributed by atoms with Crippen LogP contribution in [0.15, 0.2) is 17.6 Å². The quantitative estimate of drug-likeness (QED) is 0.523. The van der Waals surface area contributed by atoms with Gasteiger partial charge in [-0.25, -0.2) is 15.5 Å². The summed E-state index contributed by atoms with van der Waals surface area (Å²) in [4.78, 5) is 10.5. The molecule has 2 aromatic rings. The van der Waals surface area contributed by atoms with E-state index in [0.29, 0.717) is 21.9 Å². The van der Waals surface area contributed by atoms with E-state index < -0.39 is 0 Å². The Labute approximate surface area is 72.3 Å². The second-order valence-corrected chi connectivity index (χ2v) is 2.53. The van der Waals surface area contributed by atoms with E-state index >= 15 is 0 Å². The smallest absolute Gasteiger partial charge is 0.156 e. The molecule has 2 aromatic heterocycles. The zero-order valence-corrected chi connectivity index (χ0v) is 6.63. The Morgan fingerprint density at radius 3 is 3.08 bits per heavy atom. The van der Waals surface area contributed by atoms with E-state index in [1.54, 1.807) is 6.20 Å². The zero-order chi connectivity index (χ0) is 8.55. The summed E-state index contributed by atoms with van der Waals surface area (Å²) < 4.78 is 0. The summed E-state index contributed by atoms with van der Waals surface area (Å²) in [5, 5.41) is 3.61. The zero-order valence-electron chi connectivity index (χ0n) is 5.87. The summed E-state index contributed by atoms with van der Waals surface area (Å²) >= 11 is 5.74. The first kappa shape index (κ1) is 7.17. The largest absolute Gasteiger partial charge is 0.355 e. The molecular weight excluding hydrogens is 178 g/mol. The lowest BCUT2D eigenvalue weighted by Crippen LogP contribution is -1.79. The number of H-pyrrole nitrogens is 1. The molecule has 2 heterocycles. The van der Waals surface area contributed by atoms with Gasteiger partial charge in [-0.2, -0.15) is 5.11 Å². The highest BCUT2D eigenvalue weighted by atomic mass is 35.5. The number of halogens is 1. The van der Waals surface area contributed by atoms with Crippen LogP contribution < -0.4 is 0 Å². The third-order valence-electron chi connectivity index (χ3n) is 1.52. The van der Waals surface area contributed by atoms with Crippen molar-refractivity contribution in [1.82, 2.24) is 15.0 Å². The van der Waals surface area contributed by atoms with Crippen LogP contribution in [0.5, 0.6) is 0 Å². The molecule has 2 N–H and O–H groups in total. The fourth-order valence-corrected chi connectivity index (χ4v) is 1.17. The minimum absolute atomic E-state index is 0.343. The monoisotopic (exact) mass is 181 g/mol. The Bertz CT molecular complexity index is 434. The van der Waals surface area contributed by atoms with Gasteiger partial charge in [-0.15, -0.1) is 0 Å². The highest BCUT2D eigenvalue weighted by molar-refractivity contribution is 6.33. The molecule has 5 nitrogen and oxygen atoms in total. The number of rotatable bonds is 1. The number of aromatic amines is 1. The number of hydrogen-bond donors (Lipinski definition) is 2. The highest BCUT2D eigenvalue weighted by Crippen LogP contribution is 2.26. The van der Waals surface area contributed by atoms with Gasteiger partial charge in [0.1, 0.15) is 23.0 Å². The van der Waals surface area contributed by atoms with Crippen LogP contribution in [0.4, 0.5) is 5.69 Å². The summed E-state index contributed by atoms with van der Waals surface area (Å²) in [5.41, 5.74) is 8.47. The number of aromatic nitrogens is 3. The molecule has 0 unspecified atom stereocenters. The normalized spacial score (nSPS) is 10.4. The highest BCUT2D eigenvalue weighted by Gasteiger charge is 2.06. The Balaban J connectivity index is 2.88. The fraction of sp³-hybridized carbons (Fsp3) is 0. The minimum Gasteiger partial charge on any atom is -0.355 e. The summed E-state index contributed by atoms with van der Waals surface area (Å²) in [6.45, 7) is 0. The van der Waals surface area contributed by atoms with Gasteiger partial charge in [0.25, 0.3) is 0 Å². The maximum Gasteiger partial charge on any atom is 0.156 e. The molecule has 6 heteroatoms. The van der Waals surface area contributed by atoms with Crippen LogP contribution in [0.1, 0.15) is 0 Å². The van der Waals surface area contributed by atoms with E-state index in [1.165, 1.54) is 6.33 Å². The Morgan fingerprint density at radius 1 is 1.50 bits per heavy atom. The summed E-state index contributed by atoms with van der Waals surface area (Å²) in [6.07, 6.45) is 2.91. The average molecular weight is 182 g/mol. The van der Waals surface area contributed by atoms with Crippen molar-refractivity contribution in [2.45, 2.75) is 0 Å². The van der Waals surface area contributed by atoms with Crippen molar-refractivity contribution < 1.29 is 0 Å². The molecule has 60 valence electrons. The van der Waals surface area contributed by atoms with Gasteiger partial charge in [0.2, 0.25) is 0 Å². The van der Waals surface area contributed by atoms with Crippen molar-refractivity contribution in [2.75, 3.05) is 0 Å². The van der Waals surface area contributed by atoms with Gasteiger partial charge in [-0.05, 0) is 0 Å². The standard InChI is InChI=1S/C6H4ClN5/c7-6-5-4(10-2-11-6)3(12-8)1-9-5/h1-2,8-9H. The molecule has 0 amide bonds. The maximum atomic E-state index is 6.81. The van der Waals surface area contributed by atoms with Crippen molar-refractivity contribution in [3.63, 3.8) is 0 Å². The SMILES string of the molecule is N=Nc1c[nH]c2c(Cl)ncnc12. The van der Waals surface area contributed by atoms with Crippen LogP contribution in [0.25, 0.3) is 11.0 Å².